The van der Waals surface area contributed by atoms with Gasteiger partial charge in [0.05, 0.1) is 26.4 Å². The molecule has 582 valence electrons. The van der Waals surface area contributed by atoms with Crippen LogP contribution in [0.1, 0.15) is 414 Å². The lowest BCUT2D eigenvalue weighted by Gasteiger charge is -2.21. The minimum Gasteiger partial charge on any atom is -0.462 e. The van der Waals surface area contributed by atoms with Gasteiger partial charge in [0, 0.05) is 25.7 Å². The molecule has 0 fully saturated rings. The summed E-state index contributed by atoms with van der Waals surface area (Å²) in [6.45, 7) is 9.59. The lowest BCUT2D eigenvalue weighted by Crippen LogP contribution is -2.30. The van der Waals surface area contributed by atoms with E-state index in [-0.39, 0.29) is 25.7 Å². The fourth-order valence-corrected chi connectivity index (χ4v) is 13.8. The summed E-state index contributed by atoms with van der Waals surface area (Å²) in [6.07, 6.45) is 59.8. The van der Waals surface area contributed by atoms with Gasteiger partial charge in [-0.2, -0.15) is 0 Å². The third-order valence-electron chi connectivity index (χ3n) is 18.5. The van der Waals surface area contributed by atoms with Crippen molar-refractivity contribution >= 4 is 39.5 Å². The number of carbonyl (C=O) groups excluding carboxylic acids is 4. The van der Waals surface area contributed by atoms with Crippen LogP contribution in [0, 0.1) is 11.8 Å². The van der Waals surface area contributed by atoms with Crippen LogP contribution in [0.5, 0.6) is 0 Å². The van der Waals surface area contributed by atoms with E-state index in [2.05, 4.69) is 41.5 Å². The van der Waals surface area contributed by atoms with Crippen LogP contribution in [0.25, 0.3) is 0 Å². The standard InChI is InChI=1S/C79H154O17P2/c1-7-9-11-13-15-17-18-19-20-21-22-23-24-25-26-27-28-31-39-45-51-57-63-78(83)95-75(68-90-77(82)62-56-50-44-38-32-29-30-36-41-47-53-59-71(3)4)70-94-98(87,88)92-66-73(80)65-91-97(85,86)93-69-74(67-89-76(81)61-55-49-43-35-16-14-12-10-8-2)96-79(84)64-58-52-46-40-34-33-37-42-48-54-60-72(5)6/h71-75,80H,7-70H2,1-6H3,(H,85,86)(H,87,88)/t73-,74+,75+/m0/s1. The molecule has 0 aliphatic rings. The van der Waals surface area contributed by atoms with Gasteiger partial charge in [-0.05, 0) is 37.5 Å². The molecular weight excluding hydrogens is 1280 g/mol. The van der Waals surface area contributed by atoms with Gasteiger partial charge in [-0.1, -0.05) is 363 Å². The number of phosphoric acid groups is 2. The minimum absolute atomic E-state index is 0.106. The van der Waals surface area contributed by atoms with Crippen LogP contribution in [-0.2, 0) is 65.4 Å². The second-order valence-electron chi connectivity index (χ2n) is 29.4. The van der Waals surface area contributed by atoms with Crippen molar-refractivity contribution in [3.8, 4) is 0 Å². The highest BCUT2D eigenvalue weighted by Crippen LogP contribution is 2.45. The van der Waals surface area contributed by atoms with E-state index in [9.17, 15) is 43.2 Å². The quantitative estimate of drug-likeness (QED) is 0.0222. The van der Waals surface area contributed by atoms with E-state index in [1.165, 1.54) is 231 Å². The largest absolute Gasteiger partial charge is 0.472 e. The number of phosphoric ester groups is 2. The number of unbranched alkanes of at least 4 members (excludes halogenated alkanes) is 48. The Hall–Kier alpha value is -1.94. The average molecular weight is 1440 g/mol. The number of aliphatic hydroxyl groups is 1. The molecule has 0 radical (unpaired) electrons. The Labute approximate surface area is 600 Å². The third-order valence-corrected chi connectivity index (χ3v) is 20.4. The van der Waals surface area contributed by atoms with Crippen molar-refractivity contribution in [3.63, 3.8) is 0 Å². The number of ether oxygens (including phenoxy) is 4. The maximum absolute atomic E-state index is 13.1. The summed E-state index contributed by atoms with van der Waals surface area (Å²) in [5, 5.41) is 10.6. The highest BCUT2D eigenvalue weighted by Gasteiger charge is 2.30. The highest BCUT2D eigenvalue weighted by molar-refractivity contribution is 7.47. The number of aliphatic hydroxyl groups excluding tert-OH is 1. The number of carbonyl (C=O) groups is 4. The zero-order valence-corrected chi connectivity index (χ0v) is 65.9. The van der Waals surface area contributed by atoms with Crippen LogP contribution in [0.15, 0.2) is 0 Å². The van der Waals surface area contributed by atoms with Crippen LogP contribution in [0.2, 0.25) is 0 Å². The van der Waals surface area contributed by atoms with Gasteiger partial charge in [0.2, 0.25) is 0 Å². The lowest BCUT2D eigenvalue weighted by atomic mass is 10.0. The van der Waals surface area contributed by atoms with Crippen LogP contribution in [0.3, 0.4) is 0 Å². The molecule has 98 heavy (non-hydrogen) atoms. The number of hydrogen-bond acceptors (Lipinski definition) is 15. The molecular formula is C79H154O17P2. The summed E-state index contributed by atoms with van der Waals surface area (Å²) in [4.78, 5) is 72.9. The summed E-state index contributed by atoms with van der Waals surface area (Å²) < 4.78 is 68.6. The molecule has 0 bridgehead atoms. The summed E-state index contributed by atoms with van der Waals surface area (Å²) in [6, 6.07) is 0. The molecule has 0 spiro atoms. The molecule has 0 aliphatic carbocycles. The Morgan fingerprint density at radius 3 is 0.694 bits per heavy atom. The van der Waals surface area contributed by atoms with Crippen LogP contribution in [-0.4, -0.2) is 96.7 Å². The van der Waals surface area contributed by atoms with E-state index < -0.39 is 97.5 Å². The Morgan fingerprint density at radius 1 is 0.276 bits per heavy atom. The fraction of sp³-hybridized carbons (Fsp3) is 0.949. The van der Waals surface area contributed by atoms with Crippen molar-refractivity contribution in [2.24, 2.45) is 11.8 Å². The summed E-state index contributed by atoms with van der Waals surface area (Å²) >= 11 is 0. The van der Waals surface area contributed by atoms with E-state index in [1.807, 2.05) is 0 Å². The van der Waals surface area contributed by atoms with Gasteiger partial charge in [0.15, 0.2) is 12.2 Å². The monoisotopic (exact) mass is 1440 g/mol. The first-order chi connectivity index (χ1) is 47.4. The van der Waals surface area contributed by atoms with E-state index in [1.54, 1.807) is 0 Å². The predicted octanol–water partition coefficient (Wildman–Crippen LogP) is 23.5. The molecule has 0 aliphatic heterocycles. The van der Waals surface area contributed by atoms with Crippen LogP contribution < -0.4 is 0 Å². The highest BCUT2D eigenvalue weighted by atomic mass is 31.2. The first kappa shape index (κ1) is 96.1. The smallest absolute Gasteiger partial charge is 0.462 e. The molecule has 0 rings (SSSR count). The minimum atomic E-state index is -4.96. The van der Waals surface area contributed by atoms with Crippen molar-refractivity contribution in [1.29, 1.82) is 0 Å². The van der Waals surface area contributed by atoms with Gasteiger partial charge in [0.1, 0.15) is 19.3 Å². The van der Waals surface area contributed by atoms with Gasteiger partial charge in [-0.3, -0.25) is 37.3 Å². The zero-order valence-electron chi connectivity index (χ0n) is 64.1. The summed E-state index contributed by atoms with van der Waals surface area (Å²) in [5.74, 6) is -0.591. The molecule has 17 nitrogen and oxygen atoms in total. The molecule has 0 saturated carbocycles. The first-order valence-corrected chi connectivity index (χ1v) is 44.0. The zero-order chi connectivity index (χ0) is 72.1. The predicted molar refractivity (Wildman–Crippen MR) is 400 cm³/mol. The third kappa shape index (κ3) is 72.4. The summed E-state index contributed by atoms with van der Waals surface area (Å²) in [7, 11) is -9.91. The lowest BCUT2D eigenvalue weighted by molar-refractivity contribution is -0.161. The molecule has 0 aromatic rings. The molecule has 0 heterocycles. The SMILES string of the molecule is CCCCCCCCCCCCCCCCCCCCCCCCC(=O)O[C@H](COC(=O)CCCCCCCCCCCCCC(C)C)COP(=O)(O)OC[C@@H](O)COP(=O)(O)OC[C@@H](COC(=O)CCCCCCCCCCC)OC(=O)CCCCCCCCCCCCC(C)C. The Kier molecular flexibility index (Phi) is 69.3. The Bertz CT molecular complexity index is 1890. The number of rotatable bonds is 78. The van der Waals surface area contributed by atoms with Gasteiger partial charge in [-0.25, -0.2) is 9.13 Å². The molecule has 3 N–H and O–H groups in total. The van der Waals surface area contributed by atoms with Crippen molar-refractivity contribution in [1.82, 2.24) is 0 Å². The Morgan fingerprint density at radius 2 is 0.469 bits per heavy atom. The van der Waals surface area contributed by atoms with Crippen molar-refractivity contribution in [3.05, 3.63) is 0 Å². The molecule has 5 atom stereocenters. The topological polar surface area (TPSA) is 237 Å². The van der Waals surface area contributed by atoms with Gasteiger partial charge in [0.25, 0.3) is 0 Å². The number of esters is 4. The molecule has 0 aromatic carbocycles. The van der Waals surface area contributed by atoms with Crippen LogP contribution >= 0.6 is 15.6 Å². The van der Waals surface area contributed by atoms with Gasteiger partial charge >= 0.3 is 39.5 Å². The molecule has 0 saturated heterocycles. The molecule has 0 aromatic heterocycles. The van der Waals surface area contributed by atoms with Gasteiger partial charge < -0.3 is 33.8 Å². The fourth-order valence-electron chi connectivity index (χ4n) is 12.2. The second kappa shape index (κ2) is 70.7. The maximum Gasteiger partial charge on any atom is 0.472 e. The molecule has 2 unspecified atom stereocenters. The normalized spacial score (nSPS) is 13.9. The van der Waals surface area contributed by atoms with E-state index in [4.69, 9.17) is 37.0 Å². The summed E-state index contributed by atoms with van der Waals surface area (Å²) in [5.41, 5.74) is 0. The first-order valence-electron chi connectivity index (χ1n) is 41.0. The molecule has 0 amide bonds. The average Bonchev–Trinajstić information content (AvgIpc) is 1.54. The number of hydrogen-bond donors (Lipinski definition) is 3. The van der Waals surface area contributed by atoms with Crippen LogP contribution in [0.4, 0.5) is 0 Å². The maximum atomic E-state index is 13.1. The van der Waals surface area contributed by atoms with Crippen molar-refractivity contribution in [2.75, 3.05) is 39.6 Å². The molecule has 19 heteroatoms. The van der Waals surface area contributed by atoms with Crippen molar-refractivity contribution < 1.29 is 80.2 Å². The van der Waals surface area contributed by atoms with E-state index in [0.29, 0.717) is 25.7 Å². The van der Waals surface area contributed by atoms with E-state index >= 15 is 0 Å². The second-order valence-corrected chi connectivity index (χ2v) is 32.3. The van der Waals surface area contributed by atoms with E-state index in [0.717, 1.165) is 102 Å². The van der Waals surface area contributed by atoms with Gasteiger partial charge in [-0.15, -0.1) is 0 Å². The van der Waals surface area contributed by atoms with Crippen molar-refractivity contribution in [2.45, 2.75) is 432 Å². The Balaban J connectivity index is 5.19.